The van der Waals surface area contributed by atoms with Gasteiger partial charge in [-0.15, -0.1) is 0 Å². The van der Waals surface area contributed by atoms with E-state index in [1.807, 2.05) is 0 Å². The molecule has 2 N–H and O–H groups in total. The summed E-state index contributed by atoms with van der Waals surface area (Å²) in [5.74, 6) is 0. The summed E-state index contributed by atoms with van der Waals surface area (Å²) in [6, 6.07) is 13.5. The number of nitrogens with two attached hydrogens (primary N) is 1. The Morgan fingerprint density at radius 2 is 1.77 bits per heavy atom. The molecule has 0 saturated carbocycles. The van der Waals surface area contributed by atoms with Crippen LogP contribution in [0.5, 0.6) is 0 Å². The van der Waals surface area contributed by atoms with Crippen molar-refractivity contribution in [2.45, 2.75) is 79.1 Å². The lowest BCUT2D eigenvalue weighted by Crippen LogP contribution is -2.51. The lowest BCUT2D eigenvalue weighted by molar-refractivity contribution is 0.0977. The van der Waals surface area contributed by atoms with Crippen molar-refractivity contribution >= 4 is 5.70 Å². The van der Waals surface area contributed by atoms with E-state index in [9.17, 15) is 0 Å². The maximum absolute atomic E-state index is 6.89. The number of hydrogen-bond donors (Lipinski definition) is 1. The monoisotopic (exact) mass is 419 g/mol. The topological polar surface area (TPSA) is 32.5 Å². The van der Waals surface area contributed by atoms with Gasteiger partial charge in [-0.3, -0.25) is 4.90 Å². The number of aryl methyl sites for hydroxylation is 3. The Kier molecular flexibility index (Phi) is 7.61. The van der Waals surface area contributed by atoms with Crippen molar-refractivity contribution in [1.82, 2.24) is 9.80 Å². The van der Waals surface area contributed by atoms with Crippen LogP contribution in [-0.2, 0) is 19.5 Å². The molecule has 1 atom stereocenters. The van der Waals surface area contributed by atoms with Crippen molar-refractivity contribution in [2.24, 2.45) is 5.73 Å². The first-order valence-electron chi connectivity index (χ1n) is 11.9. The zero-order valence-electron chi connectivity index (χ0n) is 20.3. The maximum atomic E-state index is 6.89. The molecular formula is C28H41N3. The minimum absolute atomic E-state index is 0.344. The second kappa shape index (κ2) is 10.0. The molecule has 3 heteroatoms. The standard InChI is InChI=1S/C28H41N3/c1-7-16-30(17-8-2)23(5)26-11-9-10-25-19-31(20-27(25)26)28(6,29)15-14-24-13-12-21(3)22(4)18-24/h9-13,18H,5,7-8,14-17,19-20,29H2,1-4,6H3. The fourth-order valence-electron chi connectivity index (χ4n) is 4.66. The van der Waals surface area contributed by atoms with Crippen LogP contribution in [-0.4, -0.2) is 28.6 Å². The summed E-state index contributed by atoms with van der Waals surface area (Å²) >= 11 is 0. The second-order valence-corrected chi connectivity index (χ2v) is 9.51. The average Bonchev–Trinajstić information content (AvgIpc) is 3.19. The van der Waals surface area contributed by atoms with Crippen LogP contribution in [0.25, 0.3) is 5.70 Å². The van der Waals surface area contributed by atoms with Crippen molar-refractivity contribution < 1.29 is 0 Å². The van der Waals surface area contributed by atoms with Crippen LogP contribution >= 0.6 is 0 Å². The second-order valence-electron chi connectivity index (χ2n) is 9.51. The summed E-state index contributed by atoms with van der Waals surface area (Å²) in [5.41, 5.74) is 15.9. The van der Waals surface area contributed by atoms with Gasteiger partial charge < -0.3 is 10.6 Å². The summed E-state index contributed by atoms with van der Waals surface area (Å²) < 4.78 is 0. The molecule has 31 heavy (non-hydrogen) atoms. The number of nitrogens with zero attached hydrogens (tertiary/aromatic N) is 2. The third-order valence-corrected chi connectivity index (χ3v) is 6.88. The lowest BCUT2D eigenvalue weighted by Gasteiger charge is -2.35. The maximum Gasteiger partial charge on any atom is 0.0667 e. The third-order valence-electron chi connectivity index (χ3n) is 6.88. The molecule has 2 aromatic rings. The van der Waals surface area contributed by atoms with Crippen molar-refractivity contribution in [3.8, 4) is 0 Å². The van der Waals surface area contributed by atoms with Crippen molar-refractivity contribution in [2.75, 3.05) is 13.1 Å². The molecule has 3 rings (SSSR count). The molecule has 0 amide bonds. The van der Waals surface area contributed by atoms with Gasteiger partial charge in [0.25, 0.3) is 0 Å². The van der Waals surface area contributed by atoms with Gasteiger partial charge in [-0.2, -0.15) is 0 Å². The zero-order chi connectivity index (χ0) is 22.6. The molecule has 1 aliphatic rings. The third kappa shape index (κ3) is 5.39. The zero-order valence-corrected chi connectivity index (χ0v) is 20.3. The highest BCUT2D eigenvalue weighted by atomic mass is 15.3. The molecule has 0 fully saturated rings. The molecular weight excluding hydrogens is 378 g/mol. The molecule has 0 saturated heterocycles. The first-order valence-corrected chi connectivity index (χ1v) is 11.9. The lowest BCUT2D eigenvalue weighted by atomic mass is 9.98. The molecule has 0 aromatic heterocycles. The van der Waals surface area contributed by atoms with Crippen LogP contribution in [0.15, 0.2) is 43.0 Å². The first-order chi connectivity index (χ1) is 14.8. The van der Waals surface area contributed by atoms with E-state index in [1.54, 1.807) is 0 Å². The van der Waals surface area contributed by atoms with Gasteiger partial charge >= 0.3 is 0 Å². The van der Waals surface area contributed by atoms with Gasteiger partial charge in [-0.25, -0.2) is 0 Å². The van der Waals surface area contributed by atoms with Gasteiger partial charge in [-0.05, 0) is 74.3 Å². The quantitative estimate of drug-likeness (QED) is 0.511. The number of benzene rings is 2. The molecule has 0 aliphatic carbocycles. The molecule has 0 bridgehead atoms. The molecule has 0 radical (unpaired) electrons. The molecule has 2 aromatic carbocycles. The SMILES string of the molecule is C=C(c1cccc2c1CN(C(C)(N)CCc1ccc(C)c(C)c1)C2)N(CCC)CCC. The van der Waals surface area contributed by atoms with Crippen LogP contribution < -0.4 is 5.73 Å². The van der Waals surface area contributed by atoms with Gasteiger partial charge in [0.1, 0.15) is 0 Å². The van der Waals surface area contributed by atoms with E-state index in [1.165, 1.54) is 33.4 Å². The highest BCUT2D eigenvalue weighted by Crippen LogP contribution is 2.34. The van der Waals surface area contributed by atoms with E-state index in [0.29, 0.717) is 0 Å². The van der Waals surface area contributed by atoms with Crippen LogP contribution in [0, 0.1) is 13.8 Å². The van der Waals surface area contributed by atoms with Gasteiger partial charge in [0, 0.05) is 37.4 Å². The molecule has 1 heterocycles. The number of fused-ring (bicyclic) bond motifs is 1. The van der Waals surface area contributed by atoms with Crippen LogP contribution in [0.2, 0.25) is 0 Å². The highest BCUT2D eigenvalue weighted by Gasteiger charge is 2.33. The molecule has 1 aliphatic heterocycles. The predicted molar refractivity (Wildman–Crippen MR) is 134 cm³/mol. The van der Waals surface area contributed by atoms with Gasteiger partial charge in [-0.1, -0.05) is 56.8 Å². The highest BCUT2D eigenvalue weighted by molar-refractivity contribution is 5.67. The van der Waals surface area contributed by atoms with Crippen LogP contribution in [0.3, 0.4) is 0 Å². The normalized spacial score (nSPS) is 15.5. The Bertz CT molecular complexity index is 906. The Labute approximate surface area is 189 Å². The Morgan fingerprint density at radius 3 is 2.42 bits per heavy atom. The summed E-state index contributed by atoms with van der Waals surface area (Å²) in [5, 5.41) is 0. The van der Waals surface area contributed by atoms with Gasteiger partial charge in [0.15, 0.2) is 0 Å². The summed E-state index contributed by atoms with van der Waals surface area (Å²) in [6.07, 6.45) is 4.22. The molecule has 1 unspecified atom stereocenters. The van der Waals surface area contributed by atoms with E-state index in [-0.39, 0.29) is 5.66 Å². The minimum atomic E-state index is -0.344. The Balaban J connectivity index is 1.73. The number of rotatable bonds is 10. The number of hydrogen-bond acceptors (Lipinski definition) is 3. The van der Waals surface area contributed by atoms with Crippen LogP contribution in [0.1, 0.15) is 73.4 Å². The fraction of sp³-hybridized carbons (Fsp3) is 0.500. The summed E-state index contributed by atoms with van der Waals surface area (Å²) in [7, 11) is 0. The van der Waals surface area contributed by atoms with E-state index in [0.717, 1.165) is 57.6 Å². The molecule has 3 nitrogen and oxygen atoms in total. The van der Waals surface area contributed by atoms with E-state index in [4.69, 9.17) is 5.73 Å². The van der Waals surface area contributed by atoms with Gasteiger partial charge in [0.05, 0.1) is 5.66 Å². The molecule has 0 spiro atoms. The Morgan fingerprint density at radius 1 is 1.06 bits per heavy atom. The first kappa shape index (κ1) is 23.6. The minimum Gasteiger partial charge on any atom is -0.372 e. The predicted octanol–water partition coefficient (Wildman–Crippen LogP) is 6.02. The van der Waals surface area contributed by atoms with Crippen LogP contribution in [0.4, 0.5) is 0 Å². The molecule has 168 valence electrons. The van der Waals surface area contributed by atoms with Crippen molar-refractivity contribution in [1.29, 1.82) is 0 Å². The summed E-state index contributed by atoms with van der Waals surface area (Å²) in [4.78, 5) is 4.89. The average molecular weight is 420 g/mol. The largest absolute Gasteiger partial charge is 0.372 e. The van der Waals surface area contributed by atoms with Gasteiger partial charge in [0.2, 0.25) is 0 Å². The smallest absolute Gasteiger partial charge is 0.0667 e. The van der Waals surface area contributed by atoms with E-state index < -0.39 is 0 Å². The van der Waals surface area contributed by atoms with E-state index >= 15 is 0 Å². The Hall–Kier alpha value is -2.10. The fourth-order valence-corrected chi connectivity index (χ4v) is 4.66. The van der Waals surface area contributed by atoms with Crippen molar-refractivity contribution in [3.63, 3.8) is 0 Å². The van der Waals surface area contributed by atoms with E-state index in [2.05, 4.69) is 87.4 Å². The van der Waals surface area contributed by atoms with Crippen molar-refractivity contribution in [3.05, 3.63) is 76.4 Å². The summed E-state index contributed by atoms with van der Waals surface area (Å²) in [6.45, 7) is 19.5.